The van der Waals surface area contributed by atoms with Crippen LogP contribution in [0.5, 0.6) is 0 Å². The van der Waals surface area contributed by atoms with Gasteiger partial charge in [0.2, 0.25) is 5.91 Å². The summed E-state index contributed by atoms with van der Waals surface area (Å²) in [5, 5.41) is 11.8. The van der Waals surface area contributed by atoms with Gasteiger partial charge in [-0.15, -0.1) is 10.2 Å². The van der Waals surface area contributed by atoms with Crippen molar-refractivity contribution in [1.29, 1.82) is 0 Å². The van der Waals surface area contributed by atoms with Crippen LogP contribution in [0.1, 0.15) is 11.1 Å². The second kappa shape index (κ2) is 7.70. The number of nitrogens with zero attached hydrogens (tertiary/aromatic N) is 3. The van der Waals surface area contributed by atoms with Gasteiger partial charge >= 0.3 is 0 Å². The molecule has 0 unspecified atom stereocenters. The number of carbonyl (C=O) groups is 1. The molecule has 0 aliphatic carbocycles. The molecule has 1 N–H and O–H groups in total. The summed E-state index contributed by atoms with van der Waals surface area (Å²) in [5.41, 5.74) is 3.02. The van der Waals surface area contributed by atoms with Crippen molar-refractivity contribution < 1.29 is 9.18 Å². The molecule has 26 heavy (non-hydrogen) atoms. The topological polar surface area (TPSA) is 59.8 Å². The molecule has 0 bridgehead atoms. The maximum atomic E-state index is 13.6. The summed E-state index contributed by atoms with van der Waals surface area (Å²) >= 11 is 1.29. The molecular formula is C19H19FN4OS. The van der Waals surface area contributed by atoms with Gasteiger partial charge in [-0.05, 0) is 31.5 Å². The van der Waals surface area contributed by atoms with E-state index in [1.54, 1.807) is 19.1 Å². The fraction of sp³-hybridized carbons (Fsp3) is 0.211. The van der Waals surface area contributed by atoms with Gasteiger partial charge in [0.25, 0.3) is 0 Å². The Morgan fingerprint density at radius 2 is 1.92 bits per heavy atom. The molecule has 0 saturated heterocycles. The Morgan fingerprint density at radius 1 is 1.15 bits per heavy atom. The van der Waals surface area contributed by atoms with Crippen LogP contribution in [0.15, 0.2) is 47.6 Å². The van der Waals surface area contributed by atoms with Crippen molar-refractivity contribution in [3.05, 3.63) is 59.4 Å². The van der Waals surface area contributed by atoms with Gasteiger partial charge in [0.15, 0.2) is 11.0 Å². The molecule has 134 valence electrons. The molecule has 0 aliphatic heterocycles. The van der Waals surface area contributed by atoms with E-state index in [4.69, 9.17) is 0 Å². The fourth-order valence-corrected chi connectivity index (χ4v) is 3.27. The van der Waals surface area contributed by atoms with Gasteiger partial charge < -0.3 is 9.88 Å². The third-order valence-corrected chi connectivity index (χ3v) is 5.12. The summed E-state index contributed by atoms with van der Waals surface area (Å²) in [6.45, 7) is 3.65. The number of anilines is 1. The third-order valence-electron chi connectivity index (χ3n) is 4.10. The van der Waals surface area contributed by atoms with Crippen molar-refractivity contribution in [2.75, 3.05) is 11.1 Å². The van der Waals surface area contributed by atoms with Gasteiger partial charge in [0.1, 0.15) is 5.82 Å². The van der Waals surface area contributed by atoms with E-state index < -0.39 is 0 Å². The Hall–Kier alpha value is -2.67. The molecule has 0 atom stereocenters. The van der Waals surface area contributed by atoms with Crippen LogP contribution in [0.2, 0.25) is 0 Å². The lowest BCUT2D eigenvalue weighted by Crippen LogP contribution is -2.15. The maximum absolute atomic E-state index is 13.6. The molecule has 1 amide bonds. The van der Waals surface area contributed by atoms with E-state index in [0.29, 0.717) is 16.4 Å². The van der Waals surface area contributed by atoms with Gasteiger partial charge in [0, 0.05) is 23.9 Å². The van der Waals surface area contributed by atoms with Crippen LogP contribution in [0.3, 0.4) is 0 Å². The van der Waals surface area contributed by atoms with Crippen LogP contribution in [-0.4, -0.2) is 26.4 Å². The average Bonchev–Trinajstić information content (AvgIpc) is 2.98. The van der Waals surface area contributed by atoms with Crippen molar-refractivity contribution in [2.45, 2.75) is 19.0 Å². The standard InChI is InChI=1S/C19H19FN4OS/c1-12-7-4-5-8-14(12)18-22-23-19(24(18)3)26-11-17(25)21-16-10-6-9-15(20)13(16)2/h4-10H,11H2,1-3H3,(H,21,25). The number of halogens is 1. The first kappa shape index (κ1) is 18.1. The zero-order valence-electron chi connectivity index (χ0n) is 14.8. The number of carbonyl (C=O) groups excluding carboxylic acids is 1. The molecular weight excluding hydrogens is 351 g/mol. The van der Waals surface area contributed by atoms with Crippen molar-refractivity contribution in [3.63, 3.8) is 0 Å². The molecule has 0 radical (unpaired) electrons. The molecule has 0 spiro atoms. The number of nitrogens with one attached hydrogen (secondary N) is 1. The Morgan fingerprint density at radius 3 is 2.69 bits per heavy atom. The number of hydrogen-bond acceptors (Lipinski definition) is 4. The number of rotatable bonds is 5. The van der Waals surface area contributed by atoms with Gasteiger partial charge in [-0.2, -0.15) is 0 Å². The molecule has 3 aromatic rings. The number of benzene rings is 2. The van der Waals surface area contributed by atoms with E-state index in [1.807, 2.05) is 42.8 Å². The molecule has 0 fully saturated rings. The maximum Gasteiger partial charge on any atom is 0.234 e. The average molecular weight is 370 g/mol. The highest BCUT2D eigenvalue weighted by Crippen LogP contribution is 2.25. The first-order valence-electron chi connectivity index (χ1n) is 8.10. The predicted octanol–water partition coefficient (Wildman–Crippen LogP) is 3.97. The smallest absolute Gasteiger partial charge is 0.234 e. The molecule has 1 aromatic heterocycles. The van der Waals surface area contributed by atoms with Crippen LogP contribution in [0.4, 0.5) is 10.1 Å². The summed E-state index contributed by atoms with van der Waals surface area (Å²) in [4.78, 5) is 12.2. The number of hydrogen-bond donors (Lipinski definition) is 1. The van der Waals surface area contributed by atoms with E-state index in [1.165, 1.54) is 17.8 Å². The minimum atomic E-state index is -0.341. The van der Waals surface area contributed by atoms with Crippen molar-refractivity contribution in [1.82, 2.24) is 14.8 Å². The third kappa shape index (κ3) is 3.77. The van der Waals surface area contributed by atoms with Crippen LogP contribution >= 0.6 is 11.8 Å². The molecule has 0 aliphatic rings. The molecule has 2 aromatic carbocycles. The first-order chi connectivity index (χ1) is 12.5. The second-order valence-corrected chi connectivity index (χ2v) is 6.87. The van der Waals surface area contributed by atoms with Gasteiger partial charge in [-0.25, -0.2) is 4.39 Å². The van der Waals surface area contributed by atoms with Gasteiger partial charge in [0.05, 0.1) is 5.75 Å². The zero-order chi connectivity index (χ0) is 18.7. The Labute approximate surface area is 155 Å². The Balaban J connectivity index is 1.68. The lowest BCUT2D eigenvalue weighted by atomic mass is 10.1. The minimum Gasteiger partial charge on any atom is -0.325 e. The van der Waals surface area contributed by atoms with Crippen LogP contribution in [0.25, 0.3) is 11.4 Å². The highest BCUT2D eigenvalue weighted by Gasteiger charge is 2.14. The normalized spacial score (nSPS) is 10.8. The van der Waals surface area contributed by atoms with Crippen LogP contribution in [0, 0.1) is 19.7 Å². The number of thioether (sulfide) groups is 1. The molecule has 3 rings (SSSR count). The number of aryl methyl sites for hydroxylation is 1. The van der Waals surface area contributed by atoms with Crippen molar-refractivity contribution in [3.8, 4) is 11.4 Å². The highest BCUT2D eigenvalue weighted by molar-refractivity contribution is 7.99. The summed E-state index contributed by atoms with van der Waals surface area (Å²) in [7, 11) is 1.87. The Kier molecular flexibility index (Phi) is 5.37. The van der Waals surface area contributed by atoms with Crippen LogP contribution in [-0.2, 0) is 11.8 Å². The Bertz CT molecular complexity index is 954. The SMILES string of the molecule is Cc1ccccc1-c1nnc(SCC(=O)Nc2cccc(F)c2C)n1C. The van der Waals surface area contributed by atoms with E-state index in [2.05, 4.69) is 15.5 Å². The van der Waals surface area contributed by atoms with Gasteiger partial charge in [-0.3, -0.25) is 4.79 Å². The highest BCUT2D eigenvalue weighted by atomic mass is 32.2. The quantitative estimate of drug-likeness (QED) is 0.691. The summed E-state index contributed by atoms with van der Waals surface area (Å²) in [6.07, 6.45) is 0. The van der Waals surface area contributed by atoms with Crippen molar-refractivity contribution in [2.24, 2.45) is 7.05 Å². The summed E-state index contributed by atoms with van der Waals surface area (Å²) in [6, 6.07) is 12.6. The lowest BCUT2D eigenvalue weighted by Gasteiger charge is -2.09. The first-order valence-corrected chi connectivity index (χ1v) is 9.09. The van der Waals surface area contributed by atoms with Crippen molar-refractivity contribution >= 4 is 23.4 Å². The van der Waals surface area contributed by atoms with Gasteiger partial charge in [-0.1, -0.05) is 42.1 Å². The molecule has 1 heterocycles. The zero-order valence-corrected chi connectivity index (χ0v) is 15.6. The van der Waals surface area contributed by atoms with E-state index >= 15 is 0 Å². The summed E-state index contributed by atoms with van der Waals surface area (Å²) < 4.78 is 15.4. The van der Waals surface area contributed by atoms with E-state index in [-0.39, 0.29) is 17.5 Å². The predicted molar refractivity (Wildman–Crippen MR) is 102 cm³/mol. The fourth-order valence-electron chi connectivity index (χ4n) is 2.56. The largest absolute Gasteiger partial charge is 0.325 e. The monoisotopic (exact) mass is 370 g/mol. The number of aromatic nitrogens is 3. The van der Waals surface area contributed by atoms with Crippen LogP contribution < -0.4 is 5.32 Å². The minimum absolute atomic E-state index is 0.162. The van der Waals surface area contributed by atoms with E-state index in [0.717, 1.165) is 17.0 Å². The molecule has 0 saturated carbocycles. The molecule has 7 heteroatoms. The number of amides is 1. The van der Waals surface area contributed by atoms with E-state index in [9.17, 15) is 9.18 Å². The summed E-state index contributed by atoms with van der Waals surface area (Å²) in [5.74, 6) is 0.359. The molecule has 5 nitrogen and oxygen atoms in total. The second-order valence-electron chi connectivity index (χ2n) is 5.93. The lowest BCUT2D eigenvalue weighted by molar-refractivity contribution is -0.113.